The molecule has 4 rings (SSSR count). The van der Waals surface area contributed by atoms with Gasteiger partial charge in [-0.05, 0) is 55.6 Å². The van der Waals surface area contributed by atoms with Crippen LogP contribution in [0.2, 0.25) is 0 Å². The van der Waals surface area contributed by atoms with Gasteiger partial charge in [0.2, 0.25) is 0 Å². The average Bonchev–Trinajstić information content (AvgIpc) is 3.66. The van der Waals surface area contributed by atoms with E-state index in [0.29, 0.717) is 29.6 Å². The molecule has 0 radical (unpaired) electrons. The van der Waals surface area contributed by atoms with Crippen LogP contribution < -0.4 is 31.2 Å². The van der Waals surface area contributed by atoms with Gasteiger partial charge < -0.3 is 35.4 Å². The quantitative estimate of drug-likeness (QED) is 0.347. The predicted octanol–water partition coefficient (Wildman–Crippen LogP) is 2.43. The Morgan fingerprint density at radius 2 is 2.03 bits per heavy atom. The zero-order chi connectivity index (χ0) is 27.4. The van der Waals surface area contributed by atoms with Gasteiger partial charge in [0.05, 0.1) is 31.7 Å². The Labute approximate surface area is 223 Å². The number of primary amides is 1. The monoisotopic (exact) mass is 543 g/mol. The Kier molecular flexibility index (Phi) is 8.17. The summed E-state index contributed by atoms with van der Waals surface area (Å²) in [4.78, 5) is 40.8. The molecule has 1 aromatic carbocycles. The fourth-order valence-electron chi connectivity index (χ4n) is 4.18. The number of methoxy groups -OCH3 is 2. The van der Waals surface area contributed by atoms with E-state index in [2.05, 4.69) is 9.69 Å². The molecule has 13 heteroatoms. The maximum Gasteiger partial charge on any atom is 0.273 e. The Bertz CT molecular complexity index is 1330. The highest BCUT2D eigenvalue weighted by atomic mass is 32.1. The van der Waals surface area contributed by atoms with E-state index in [9.17, 15) is 14.4 Å². The highest BCUT2D eigenvalue weighted by Gasteiger charge is 2.39. The lowest BCUT2D eigenvalue weighted by molar-refractivity contribution is -0.123. The first-order chi connectivity index (χ1) is 18.2. The number of carbonyl (C=O) groups excluding carboxylic acids is 3. The van der Waals surface area contributed by atoms with Crippen molar-refractivity contribution in [2.45, 2.75) is 31.9 Å². The minimum Gasteiger partial charge on any atom is -0.497 e. The summed E-state index contributed by atoms with van der Waals surface area (Å²) < 4.78 is 26.3. The van der Waals surface area contributed by atoms with E-state index < -0.39 is 23.8 Å². The van der Waals surface area contributed by atoms with Crippen molar-refractivity contribution in [1.82, 2.24) is 9.69 Å². The van der Waals surface area contributed by atoms with E-state index in [0.717, 1.165) is 12.8 Å². The maximum atomic E-state index is 14.1. The number of rotatable bonds is 10. The number of nitrogens with two attached hydrogens (primary N) is 2. The van der Waals surface area contributed by atoms with Crippen LogP contribution in [0.4, 0.5) is 11.4 Å². The zero-order valence-electron chi connectivity index (χ0n) is 21.2. The van der Waals surface area contributed by atoms with Crippen molar-refractivity contribution >= 4 is 40.6 Å². The van der Waals surface area contributed by atoms with Crippen LogP contribution in [0.5, 0.6) is 11.5 Å². The molecule has 0 aliphatic carbocycles. The normalized spacial score (nSPS) is 15.6. The van der Waals surface area contributed by atoms with Crippen LogP contribution in [-0.4, -0.2) is 55.6 Å². The SMILES string of the molecule is COc1ccc(N(C(=O)c2snc(C(N)=O)c2N)[C@H](C(=O)NC[C@@H]2CCCO2)c2ccc(C)o2)c(OC)c1. The summed E-state index contributed by atoms with van der Waals surface area (Å²) in [5.74, 6) is -0.632. The molecule has 1 aliphatic heterocycles. The van der Waals surface area contributed by atoms with Gasteiger partial charge >= 0.3 is 0 Å². The lowest BCUT2D eigenvalue weighted by Crippen LogP contribution is -2.45. The second-order valence-corrected chi connectivity index (χ2v) is 9.36. The van der Waals surface area contributed by atoms with Gasteiger partial charge in [-0.15, -0.1) is 0 Å². The number of hydrogen-bond donors (Lipinski definition) is 3. The van der Waals surface area contributed by atoms with Crippen molar-refractivity contribution in [3.8, 4) is 11.5 Å². The minimum absolute atomic E-state index is 0.0723. The Balaban J connectivity index is 1.85. The number of nitrogens with zero attached hydrogens (tertiary/aromatic N) is 2. The molecular weight excluding hydrogens is 514 g/mol. The molecular formula is C25H29N5O7S. The molecule has 5 N–H and O–H groups in total. The molecule has 0 unspecified atom stereocenters. The Morgan fingerprint density at radius 1 is 1.24 bits per heavy atom. The molecule has 202 valence electrons. The second kappa shape index (κ2) is 11.5. The van der Waals surface area contributed by atoms with Gasteiger partial charge in [-0.25, -0.2) is 0 Å². The van der Waals surface area contributed by atoms with Gasteiger partial charge in [-0.2, -0.15) is 4.37 Å². The molecule has 1 fully saturated rings. The van der Waals surface area contributed by atoms with Gasteiger partial charge in [-0.1, -0.05) is 0 Å². The highest BCUT2D eigenvalue weighted by molar-refractivity contribution is 7.09. The number of nitrogens with one attached hydrogen (secondary N) is 1. The van der Waals surface area contributed by atoms with E-state index >= 15 is 0 Å². The molecule has 0 bridgehead atoms. The summed E-state index contributed by atoms with van der Waals surface area (Å²) in [6.45, 7) is 2.61. The fourth-order valence-corrected chi connectivity index (χ4v) is 4.92. The van der Waals surface area contributed by atoms with Gasteiger partial charge in [-0.3, -0.25) is 19.3 Å². The molecule has 12 nitrogen and oxygen atoms in total. The topological polar surface area (TPSA) is 172 Å². The number of ether oxygens (including phenoxy) is 3. The van der Waals surface area contributed by atoms with Gasteiger partial charge in [0.1, 0.15) is 27.9 Å². The molecule has 3 amide bonds. The van der Waals surface area contributed by atoms with Crippen LogP contribution in [0.1, 0.15) is 50.6 Å². The molecule has 2 aromatic heterocycles. The van der Waals surface area contributed by atoms with Gasteiger partial charge in [0, 0.05) is 19.2 Å². The largest absolute Gasteiger partial charge is 0.497 e. The first-order valence-electron chi connectivity index (χ1n) is 11.8. The van der Waals surface area contributed by atoms with Crippen molar-refractivity contribution in [2.75, 3.05) is 38.0 Å². The average molecular weight is 544 g/mol. The number of benzene rings is 1. The van der Waals surface area contributed by atoms with Gasteiger partial charge in [0.25, 0.3) is 17.7 Å². The summed E-state index contributed by atoms with van der Waals surface area (Å²) in [5, 5.41) is 2.89. The first kappa shape index (κ1) is 26.9. The van der Waals surface area contributed by atoms with Crippen molar-refractivity contribution in [3.05, 3.63) is 52.4 Å². The van der Waals surface area contributed by atoms with Crippen LogP contribution in [0.25, 0.3) is 0 Å². The number of amides is 3. The zero-order valence-corrected chi connectivity index (χ0v) is 22.0. The number of nitrogen functional groups attached to an aromatic ring is 1. The molecule has 1 saturated heterocycles. The molecule has 2 atom stereocenters. The number of furan rings is 1. The summed E-state index contributed by atoms with van der Waals surface area (Å²) in [6.07, 6.45) is 1.59. The Morgan fingerprint density at radius 3 is 2.61 bits per heavy atom. The van der Waals surface area contributed by atoms with E-state index in [1.54, 1.807) is 37.3 Å². The highest BCUT2D eigenvalue weighted by Crippen LogP contribution is 2.40. The third-order valence-electron chi connectivity index (χ3n) is 6.09. The number of anilines is 2. The van der Waals surface area contributed by atoms with E-state index in [1.165, 1.54) is 19.1 Å². The molecule has 38 heavy (non-hydrogen) atoms. The number of aryl methyl sites for hydroxylation is 1. The molecule has 1 aliphatic rings. The lowest BCUT2D eigenvalue weighted by atomic mass is 10.1. The van der Waals surface area contributed by atoms with Crippen LogP contribution in [-0.2, 0) is 9.53 Å². The van der Waals surface area contributed by atoms with Gasteiger partial charge in [0.15, 0.2) is 11.7 Å². The van der Waals surface area contributed by atoms with Crippen LogP contribution >= 0.6 is 11.5 Å². The van der Waals surface area contributed by atoms with E-state index in [-0.39, 0.29) is 46.1 Å². The maximum absolute atomic E-state index is 14.1. The standard InChI is InChI=1S/C25H29N5O7S/c1-13-6-9-17(37-13)21(24(32)28-12-15-5-4-10-36-15)30(16-8-7-14(34-2)11-18(16)35-3)25(33)22-19(26)20(23(27)31)29-38-22/h6-9,11,15,21H,4-5,10,12,26H2,1-3H3,(H2,27,31)(H,28,32)/t15-,21-/m0/s1. The van der Waals surface area contributed by atoms with Crippen molar-refractivity contribution in [2.24, 2.45) is 5.73 Å². The predicted molar refractivity (Wildman–Crippen MR) is 140 cm³/mol. The number of hydrogen-bond acceptors (Lipinski definition) is 10. The smallest absolute Gasteiger partial charge is 0.273 e. The number of aromatic nitrogens is 1. The fraction of sp³-hybridized carbons (Fsp3) is 0.360. The molecule has 0 saturated carbocycles. The summed E-state index contributed by atoms with van der Waals surface area (Å²) in [7, 11) is 2.92. The van der Waals surface area contributed by atoms with Crippen LogP contribution in [0.15, 0.2) is 34.7 Å². The molecule has 3 aromatic rings. The second-order valence-electron chi connectivity index (χ2n) is 8.58. The number of carbonyl (C=O) groups is 3. The molecule has 0 spiro atoms. The third-order valence-corrected chi connectivity index (χ3v) is 6.94. The van der Waals surface area contributed by atoms with Crippen molar-refractivity contribution in [1.29, 1.82) is 0 Å². The lowest BCUT2D eigenvalue weighted by Gasteiger charge is -2.31. The summed E-state index contributed by atoms with van der Waals surface area (Å²) in [6, 6.07) is 6.81. The summed E-state index contributed by atoms with van der Waals surface area (Å²) in [5.41, 5.74) is 11.3. The van der Waals surface area contributed by atoms with Crippen LogP contribution in [0, 0.1) is 6.92 Å². The minimum atomic E-state index is -1.28. The Hall–Kier alpha value is -4.10. The van der Waals surface area contributed by atoms with E-state index in [4.69, 9.17) is 30.1 Å². The summed E-state index contributed by atoms with van der Waals surface area (Å²) >= 11 is 0.705. The molecule has 3 heterocycles. The van der Waals surface area contributed by atoms with E-state index in [1.807, 2.05) is 0 Å². The van der Waals surface area contributed by atoms with Crippen molar-refractivity contribution in [3.63, 3.8) is 0 Å². The van der Waals surface area contributed by atoms with Crippen LogP contribution in [0.3, 0.4) is 0 Å². The van der Waals surface area contributed by atoms with Crippen molar-refractivity contribution < 1.29 is 33.0 Å². The third kappa shape index (κ3) is 5.43. The first-order valence-corrected chi connectivity index (χ1v) is 12.6.